The first kappa shape index (κ1) is 15.1. The quantitative estimate of drug-likeness (QED) is 0.831. The molecule has 0 unspecified atom stereocenters. The van der Waals surface area contributed by atoms with Gasteiger partial charge in [-0.2, -0.15) is 0 Å². The SMILES string of the molecule is CCn1cc(C(=O)NC(C)(C)C)c(=O)c2c(N)cccc21. The second-order valence-electron chi connectivity index (χ2n) is 6.10. The summed E-state index contributed by atoms with van der Waals surface area (Å²) >= 11 is 0. The van der Waals surface area contributed by atoms with Crippen molar-refractivity contribution in [3.63, 3.8) is 0 Å². The number of benzene rings is 1. The van der Waals surface area contributed by atoms with E-state index in [0.29, 0.717) is 17.6 Å². The number of hydrogen-bond donors (Lipinski definition) is 2. The van der Waals surface area contributed by atoms with E-state index < -0.39 is 5.54 Å². The van der Waals surface area contributed by atoms with Crippen molar-refractivity contribution >= 4 is 22.5 Å². The first-order chi connectivity index (χ1) is 9.74. The van der Waals surface area contributed by atoms with Crippen LogP contribution in [-0.4, -0.2) is 16.0 Å². The van der Waals surface area contributed by atoms with Crippen LogP contribution in [0.2, 0.25) is 0 Å². The van der Waals surface area contributed by atoms with E-state index >= 15 is 0 Å². The molecule has 21 heavy (non-hydrogen) atoms. The summed E-state index contributed by atoms with van der Waals surface area (Å²) < 4.78 is 1.87. The predicted octanol–water partition coefficient (Wildman–Crippen LogP) is 2.13. The summed E-state index contributed by atoms with van der Waals surface area (Å²) in [6, 6.07) is 5.31. The molecule has 1 aromatic heterocycles. The number of pyridine rings is 1. The average molecular weight is 287 g/mol. The Bertz CT molecular complexity index is 754. The minimum absolute atomic E-state index is 0.122. The molecule has 0 radical (unpaired) electrons. The van der Waals surface area contributed by atoms with E-state index in [2.05, 4.69) is 5.32 Å². The van der Waals surface area contributed by atoms with Gasteiger partial charge in [-0.3, -0.25) is 9.59 Å². The first-order valence-electron chi connectivity index (χ1n) is 6.98. The van der Waals surface area contributed by atoms with Gasteiger partial charge in [-0.1, -0.05) is 6.07 Å². The van der Waals surface area contributed by atoms with Crippen LogP contribution in [0, 0.1) is 0 Å². The lowest BCUT2D eigenvalue weighted by atomic mass is 10.1. The van der Waals surface area contributed by atoms with Crippen molar-refractivity contribution in [3.8, 4) is 0 Å². The van der Waals surface area contributed by atoms with E-state index in [-0.39, 0.29) is 16.9 Å². The third-order valence-electron chi connectivity index (χ3n) is 3.21. The van der Waals surface area contributed by atoms with Crippen molar-refractivity contribution in [2.24, 2.45) is 0 Å². The second kappa shape index (κ2) is 5.24. The molecule has 1 heterocycles. The molecule has 1 amide bonds. The van der Waals surface area contributed by atoms with E-state index in [1.807, 2.05) is 38.3 Å². The second-order valence-corrected chi connectivity index (χ2v) is 6.10. The van der Waals surface area contributed by atoms with E-state index in [9.17, 15) is 9.59 Å². The van der Waals surface area contributed by atoms with E-state index in [4.69, 9.17) is 5.73 Å². The zero-order valence-electron chi connectivity index (χ0n) is 12.9. The Morgan fingerprint density at radius 1 is 1.33 bits per heavy atom. The number of anilines is 1. The summed E-state index contributed by atoms with van der Waals surface area (Å²) in [7, 11) is 0. The lowest BCUT2D eigenvalue weighted by molar-refractivity contribution is 0.0918. The molecule has 0 aliphatic rings. The lowest BCUT2D eigenvalue weighted by Gasteiger charge is -2.21. The minimum atomic E-state index is -0.405. The van der Waals surface area contributed by atoms with Crippen LogP contribution >= 0.6 is 0 Å². The highest BCUT2D eigenvalue weighted by molar-refractivity contribution is 6.00. The van der Waals surface area contributed by atoms with Crippen LogP contribution < -0.4 is 16.5 Å². The topological polar surface area (TPSA) is 77.1 Å². The summed E-state index contributed by atoms with van der Waals surface area (Å²) in [4.78, 5) is 24.9. The van der Waals surface area contributed by atoms with Gasteiger partial charge in [-0.05, 0) is 39.8 Å². The predicted molar refractivity (Wildman–Crippen MR) is 85.5 cm³/mol. The molecule has 112 valence electrons. The number of nitrogens with two attached hydrogens (primary N) is 1. The van der Waals surface area contributed by atoms with Gasteiger partial charge in [-0.15, -0.1) is 0 Å². The number of fused-ring (bicyclic) bond motifs is 1. The lowest BCUT2D eigenvalue weighted by Crippen LogP contribution is -2.42. The maximum absolute atomic E-state index is 12.6. The van der Waals surface area contributed by atoms with Crippen LogP contribution in [0.5, 0.6) is 0 Å². The van der Waals surface area contributed by atoms with Gasteiger partial charge in [0.05, 0.1) is 10.9 Å². The fraction of sp³-hybridized carbons (Fsp3) is 0.375. The molecule has 0 saturated heterocycles. The van der Waals surface area contributed by atoms with Crippen LogP contribution in [0.1, 0.15) is 38.1 Å². The zero-order valence-corrected chi connectivity index (χ0v) is 12.9. The van der Waals surface area contributed by atoms with Crippen molar-refractivity contribution in [3.05, 3.63) is 40.2 Å². The highest BCUT2D eigenvalue weighted by Crippen LogP contribution is 2.18. The number of carbonyl (C=O) groups is 1. The van der Waals surface area contributed by atoms with Gasteiger partial charge in [0, 0.05) is 24.0 Å². The third kappa shape index (κ3) is 2.91. The van der Waals surface area contributed by atoms with Crippen molar-refractivity contribution in [1.29, 1.82) is 0 Å². The molecular formula is C16H21N3O2. The highest BCUT2D eigenvalue weighted by atomic mass is 16.2. The summed E-state index contributed by atoms with van der Waals surface area (Å²) in [5.41, 5.74) is 6.46. The largest absolute Gasteiger partial charge is 0.398 e. The highest BCUT2D eigenvalue weighted by Gasteiger charge is 2.20. The Morgan fingerprint density at radius 2 is 2.00 bits per heavy atom. The van der Waals surface area contributed by atoms with Crippen molar-refractivity contribution in [2.45, 2.75) is 39.8 Å². The third-order valence-corrected chi connectivity index (χ3v) is 3.21. The molecule has 3 N–H and O–H groups in total. The standard InChI is InChI=1S/C16H21N3O2/c1-5-19-9-10(15(21)18-16(2,3)4)14(20)13-11(17)7-6-8-12(13)19/h6-9H,5,17H2,1-4H3,(H,18,21). The number of carbonyl (C=O) groups excluding carboxylic acids is 1. The van der Waals surface area contributed by atoms with Gasteiger partial charge in [0.2, 0.25) is 5.43 Å². The number of nitrogens with zero attached hydrogens (tertiary/aromatic N) is 1. The number of amides is 1. The van der Waals surface area contributed by atoms with Crippen molar-refractivity contribution < 1.29 is 4.79 Å². The van der Waals surface area contributed by atoms with Crippen LogP contribution in [-0.2, 0) is 6.54 Å². The molecular weight excluding hydrogens is 266 g/mol. The van der Waals surface area contributed by atoms with Gasteiger partial charge >= 0.3 is 0 Å². The first-order valence-corrected chi connectivity index (χ1v) is 6.98. The smallest absolute Gasteiger partial charge is 0.257 e. The normalized spacial score (nSPS) is 11.6. The molecule has 0 saturated carbocycles. The molecule has 5 heteroatoms. The fourth-order valence-corrected chi connectivity index (χ4v) is 2.29. The van der Waals surface area contributed by atoms with Crippen molar-refractivity contribution in [2.75, 3.05) is 5.73 Å². The molecule has 2 aromatic rings. The number of aromatic nitrogens is 1. The molecule has 0 bridgehead atoms. The number of rotatable bonds is 2. The Balaban J connectivity index is 2.72. The molecule has 1 aromatic carbocycles. The zero-order chi connectivity index (χ0) is 15.8. The molecule has 0 aliphatic carbocycles. The molecule has 5 nitrogen and oxygen atoms in total. The average Bonchev–Trinajstić information content (AvgIpc) is 2.37. The molecule has 2 rings (SSSR count). The maximum Gasteiger partial charge on any atom is 0.257 e. The number of hydrogen-bond acceptors (Lipinski definition) is 3. The van der Waals surface area contributed by atoms with Crippen LogP contribution in [0.15, 0.2) is 29.2 Å². The summed E-state index contributed by atoms with van der Waals surface area (Å²) in [5, 5.41) is 3.22. The molecule has 0 atom stereocenters. The Labute approximate surface area is 123 Å². The minimum Gasteiger partial charge on any atom is -0.398 e. The van der Waals surface area contributed by atoms with Gasteiger partial charge in [0.25, 0.3) is 5.91 Å². The van der Waals surface area contributed by atoms with Gasteiger partial charge in [-0.25, -0.2) is 0 Å². The summed E-state index contributed by atoms with van der Waals surface area (Å²) in [6.45, 7) is 8.23. The molecule has 0 fully saturated rings. The Kier molecular flexibility index (Phi) is 3.77. The number of aryl methyl sites for hydroxylation is 1. The van der Waals surface area contributed by atoms with Crippen LogP contribution in [0.3, 0.4) is 0 Å². The van der Waals surface area contributed by atoms with Gasteiger partial charge < -0.3 is 15.6 Å². The van der Waals surface area contributed by atoms with E-state index in [0.717, 1.165) is 5.52 Å². The number of nitrogens with one attached hydrogen (secondary N) is 1. The van der Waals surface area contributed by atoms with Crippen molar-refractivity contribution in [1.82, 2.24) is 9.88 Å². The summed E-state index contributed by atoms with van der Waals surface area (Å²) in [5.74, 6) is -0.375. The van der Waals surface area contributed by atoms with E-state index in [1.54, 1.807) is 18.3 Å². The summed E-state index contributed by atoms with van der Waals surface area (Å²) in [6.07, 6.45) is 1.60. The molecule has 0 aliphatic heterocycles. The van der Waals surface area contributed by atoms with E-state index in [1.165, 1.54) is 0 Å². The maximum atomic E-state index is 12.6. The molecule has 0 spiro atoms. The van der Waals surface area contributed by atoms with Gasteiger partial charge in [0.1, 0.15) is 5.56 Å². The Morgan fingerprint density at radius 3 is 2.57 bits per heavy atom. The Hall–Kier alpha value is -2.30. The van der Waals surface area contributed by atoms with Crippen LogP contribution in [0.25, 0.3) is 10.9 Å². The monoisotopic (exact) mass is 287 g/mol. The van der Waals surface area contributed by atoms with Crippen LogP contribution in [0.4, 0.5) is 5.69 Å². The number of nitrogen functional groups attached to an aromatic ring is 1. The fourth-order valence-electron chi connectivity index (χ4n) is 2.29. The van der Waals surface area contributed by atoms with Gasteiger partial charge in [0.15, 0.2) is 0 Å².